The number of piperazine rings is 1. The molecule has 4 rings (SSSR count). The zero-order valence-corrected chi connectivity index (χ0v) is 17.1. The number of amides is 1. The Morgan fingerprint density at radius 2 is 1.74 bits per heavy atom. The van der Waals surface area contributed by atoms with Gasteiger partial charge in [-0.05, 0) is 43.4 Å². The van der Waals surface area contributed by atoms with E-state index in [1.54, 1.807) is 36.4 Å². The van der Waals surface area contributed by atoms with E-state index in [9.17, 15) is 14.9 Å². The van der Waals surface area contributed by atoms with Gasteiger partial charge in [0.1, 0.15) is 0 Å². The molecule has 1 N–H and O–H groups in total. The summed E-state index contributed by atoms with van der Waals surface area (Å²) in [7, 11) is 2.06. The number of nitro groups is 1. The standard InChI is InChI=1S/C22H22N6O3/c1-26-11-13-27(14-12-26)22(29)16-5-7-18(8-6-16)23-21-10-9-20(24-25-21)17-3-2-4-19(15-17)28(30)31/h2-10,15H,11-14H2,1H3,(H,23,25). The quantitative estimate of drug-likeness (QED) is 0.501. The smallest absolute Gasteiger partial charge is 0.270 e. The summed E-state index contributed by atoms with van der Waals surface area (Å²) in [6.07, 6.45) is 0. The number of hydrogen-bond acceptors (Lipinski definition) is 7. The Labute approximate surface area is 179 Å². The maximum Gasteiger partial charge on any atom is 0.270 e. The van der Waals surface area contributed by atoms with Crippen LogP contribution in [0.2, 0.25) is 0 Å². The van der Waals surface area contributed by atoms with Gasteiger partial charge in [-0.25, -0.2) is 0 Å². The van der Waals surface area contributed by atoms with Crippen molar-refractivity contribution >= 4 is 23.1 Å². The third kappa shape index (κ3) is 4.84. The Bertz CT molecular complexity index is 1080. The van der Waals surface area contributed by atoms with E-state index in [2.05, 4.69) is 27.5 Å². The number of nitrogens with zero attached hydrogens (tertiary/aromatic N) is 5. The fraction of sp³-hybridized carbons (Fsp3) is 0.227. The molecule has 1 amide bonds. The lowest BCUT2D eigenvalue weighted by Gasteiger charge is -2.32. The van der Waals surface area contributed by atoms with Crippen molar-refractivity contribution in [1.29, 1.82) is 0 Å². The number of hydrogen-bond donors (Lipinski definition) is 1. The minimum atomic E-state index is -0.439. The van der Waals surface area contributed by atoms with Crippen LogP contribution in [-0.2, 0) is 0 Å². The Hall–Kier alpha value is -3.85. The molecular formula is C22H22N6O3. The van der Waals surface area contributed by atoms with Crippen molar-refractivity contribution in [2.75, 3.05) is 38.5 Å². The summed E-state index contributed by atoms with van der Waals surface area (Å²) in [5.41, 5.74) is 2.62. The predicted molar refractivity (Wildman–Crippen MR) is 117 cm³/mol. The molecule has 0 bridgehead atoms. The molecular weight excluding hydrogens is 396 g/mol. The highest BCUT2D eigenvalue weighted by atomic mass is 16.6. The van der Waals surface area contributed by atoms with Gasteiger partial charge in [0.25, 0.3) is 11.6 Å². The van der Waals surface area contributed by atoms with Gasteiger partial charge in [0.15, 0.2) is 5.82 Å². The second kappa shape index (κ2) is 8.88. The number of aromatic nitrogens is 2. The van der Waals surface area contributed by atoms with Gasteiger partial charge in [0, 0.05) is 55.1 Å². The molecule has 9 nitrogen and oxygen atoms in total. The second-order valence-corrected chi connectivity index (χ2v) is 7.41. The fourth-order valence-electron chi connectivity index (χ4n) is 3.37. The first-order valence-corrected chi connectivity index (χ1v) is 9.93. The molecule has 1 aromatic heterocycles. The summed E-state index contributed by atoms with van der Waals surface area (Å²) in [4.78, 5) is 27.2. The molecule has 1 aliphatic rings. The number of anilines is 2. The molecule has 0 saturated carbocycles. The molecule has 2 heterocycles. The first kappa shape index (κ1) is 20.4. The van der Waals surface area contributed by atoms with Crippen LogP contribution in [0, 0.1) is 10.1 Å². The van der Waals surface area contributed by atoms with Crippen LogP contribution in [0.15, 0.2) is 60.7 Å². The van der Waals surface area contributed by atoms with E-state index in [1.165, 1.54) is 12.1 Å². The second-order valence-electron chi connectivity index (χ2n) is 7.41. The van der Waals surface area contributed by atoms with Gasteiger partial charge in [0.2, 0.25) is 0 Å². The molecule has 1 fully saturated rings. The zero-order valence-electron chi connectivity index (χ0n) is 17.1. The number of carbonyl (C=O) groups excluding carboxylic acids is 1. The van der Waals surface area contributed by atoms with Crippen LogP contribution in [0.4, 0.5) is 17.2 Å². The number of rotatable bonds is 5. The van der Waals surface area contributed by atoms with E-state index >= 15 is 0 Å². The molecule has 1 aliphatic heterocycles. The summed E-state index contributed by atoms with van der Waals surface area (Å²) in [5.74, 6) is 0.577. The third-order valence-electron chi connectivity index (χ3n) is 5.21. The topological polar surface area (TPSA) is 104 Å². The van der Waals surface area contributed by atoms with E-state index in [1.807, 2.05) is 17.0 Å². The van der Waals surface area contributed by atoms with E-state index < -0.39 is 4.92 Å². The highest BCUT2D eigenvalue weighted by Gasteiger charge is 2.20. The Kier molecular flexibility index (Phi) is 5.85. The Morgan fingerprint density at radius 1 is 1.00 bits per heavy atom. The van der Waals surface area contributed by atoms with E-state index in [0.29, 0.717) is 22.6 Å². The van der Waals surface area contributed by atoms with Crippen molar-refractivity contribution < 1.29 is 9.72 Å². The third-order valence-corrected chi connectivity index (χ3v) is 5.21. The number of carbonyl (C=O) groups is 1. The molecule has 1 saturated heterocycles. The molecule has 0 spiro atoms. The van der Waals surface area contributed by atoms with E-state index in [0.717, 1.165) is 31.9 Å². The molecule has 3 aromatic rings. The van der Waals surface area contributed by atoms with Gasteiger partial charge in [-0.15, -0.1) is 10.2 Å². The van der Waals surface area contributed by atoms with Gasteiger partial charge in [-0.3, -0.25) is 14.9 Å². The predicted octanol–water partition coefficient (Wildman–Crippen LogP) is 3.18. The monoisotopic (exact) mass is 418 g/mol. The van der Waals surface area contributed by atoms with Gasteiger partial charge in [-0.1, -0.05) is 12.1 Å². The maximum atomic E-state index is 12.6. The van der Waals surface area contributed by atoms with Crippen molar-refractivity contribution in [3.8, 4) is 11.3 Å². The first-order valence-electron chi connectivity index (χ1n) is 9.93. The molecule has 31 heavy (non-hydrogen) atoms. The van der Waals surface area contributed by atoms with Crippen LogP contribution in [-0.4, -0.2) is 64.1 Å². The Balaban J connectivity index is 1.41. The highest BCUT2D eigenvalue weighted by Crippen LogP contribution is 2.23. The molecule has 2 aromatic carbocycles. The first-order chi connectivity index (χ1) is 15.0. The molecule has 0 unspecified atom stereocenters. The largest absolute Gasteiger partial charge is 0.339 e. The highest BCUT2D eigenvalue weighted by molar-refractivity contribution is 5.94. The lowest BCUT2D eigenvalue weighted by Crippen LogP contribution is -2.47. The maximum absolute atomic E-state index is 12.6. The van der Waals surface area contributed by atoms with Gasteiger partial charge in [0.05, 0.1) is 10.6 Å². The van der Waals surface area contributed by atoms with Crippen molar-refractivity contribution in [2.24, 2.45) is 0 Å². The van der Waals surface area contributed by atoms with Crippen molar-refractivity contribution in [1.82, 2.24) is 20.0 Å². The van der Waals surface area contributed by atoms with Gasteiger partial charge in [-0.2, -0.15) is 0 Å². The van der Waals surface area contributed by atoms with E-state index in [-0.39, 0.29) is 11.6 Å². The number of nitrogens with one attached hydrogen (secondary N) is 1. The normalized spacial score (nSPS) is 14.3. The molecule has 158 valence electrons. The van der Waals surface area contributed by atoms with Crippen LogP contribution in [0.3, 0.4) is 0 Å². The van der Waals surface area contributed by atoms with Crippen LogP contribution in [0.5, 0.6) is 0 Å². The summed E-state index contributed by atoms with van der Waals surface area (Å²) < 4.78 is 0. The Morgan fingerprint density at radius 3 is 2.39 bits per heavy atom. The number of nitro benzene ring substituents is 1. The minimum Gasteiger partial charge on any atom is -0.339 e. The minimum absolute atomic E-state index is 0.00714. The fourth-order valence-corrected chi connectivity index (χ4v) is 3.37. The van der Waals surface area contributed by atoms with Crippen LogP contribution < -0.4 is 5.32 Å². The lowest BCUT2D eigenvalue weighted by atomic mass is 10.1. The summed E-state index contributed by atoms with van der Waals surface area (Å²) in [5, 5.41) is 22.4. The van der Waals surface area contributed by atoms with Crippen molar-refractivity contribution in [3.05, 3.63) is 76.3 Å². The average molecular weight is 418 g/mol. The number of non-ortho nitro benzene ring substituents is 1. The summed E-state index contributed by atoms with van der Waals surface area (Å²) in [6.45, 7) is 3.25. The zero-order chi connectivity index (χ0) is 21.8. The molecule has 0 aliphatic carbocycles. The van der Waals surface area contributed by atoms with E-state index in [4.69, 9.17) is 0 Å². The lowest BCUT2D eigenvalue weighted by molar-refractivity contribution is -0.384. The number of likely N-dealkylation sites (N-methyl/N-ethyl adjacent to an activating group) is 1. The summed E-state index contributed by atoms with van der Waals surface area (Å²) in [6, 6.07) is 17.0. The van der Waals surface area contributed by atoms with Crippen LogP contribution >= 0.6 is 0 Å². The van der Waals surface area contributed by atoms with Crippen LogP contribution in [0.1, 0.15) is 10.4 Å². The number of benzene rings is 2. The molecule has 0 atom stereocenters. The van der Waals surface area contributed by atoms with Crippen LogP contribution in [0.25, 0.3) is 11.3 Å². The van der Waals surface area contributed by atoms with Gasteiger partial charge < -0.3 is 15.1 Å². The van der Waals surface area contributed by atoms with Crippen molar-refractivity contribution in [2.45, 2.75) is 0 Å². The average Bonchev–Trinajstić information content (AvgIpc) is 2.80. The molecule has 0 radical (unpaired) electrons. The van der Waals surface area contributed by atoms with Crippen molar-refractivity contribution in [3.63, 3.8) is 0 Å². The van der Waals surface area contributed by atoms with Gasteiger partial charge >= 0.3 is 0 Å². The summed E-state index contributed by atoms with van der Waals surface area (Å²) >= 11 is 0. The molecule has 9 heteroatoms. The SMILES string of the molecule is CN1CCN(C(=O)c2ccc(Nc3ccc(-c4cccc([N+](=O)[O-])c4)nn3)cc2)CC1.